The average molecular weight is 351 g/mol. The molecule has 5 nitrogen and oxygen atoms in total. The van der Waals surface area contributed by atoms with E-state index in [1.165, 1.54) is 12.3 Å². The zero-order valence-electron chi connectivity index (χ0n) is 14.0. The summed E-state index contributed by atoms with van der Waals surface area (Å²) in [5, 5.41) is 5.63. The molecule has 0 unspecified atom stereocenters. The Morgan fingerprint density at radius 1 is 1.00 bits per heavy atom. The highest BCUT2D eigenvalue weighted by atomic mass is 19.1. The molecule has 0 fully saturated rings. The van der Waals surface area contributed by atoms with E-state index in [0.29, 0.717) is 17.2 Å². The molecule has 3 aromatic rings. The van der Waals surface area contributed by atoms with Crippen LogP contribution in [0.4, 0.5) is 21.6 Å². The Morgan fingerprint density at radius 2 is 1.77 bits per heavy atom. The molecule has 0 aliphatic carbocycles. The van der Waals surface area contributed by atoms with Crippen LogP contribution in [0.1, 0.15) is 6.42 Å². The topological polar surface area (TPSA) is 63.2 Å². The van der Waals surface area contributed by atoms with Crippen molar-refractivity contribution in [2.24, 2.45) is 0 Å². The Kier molecular flexibility index (Phi) is 5.77. The molecule has 2 N–H and O–H groups in total. The number of amides is 1. The van der Waals surface area contributed by atoms with Crippen molar-refractivity contribution in [3.63, 3.8) is 0 Å². The van der Waals surface area contributed by atoms with Gasteiger partial charge in [0.05, 0.1) is 30.6 Å². The number of benzene rings is 2. The summed E-state index contributed by atoms with van der Waals surface area (Å²) in [4.78, 5) is 16.1. The minimum Gasteiger partial charge on any atom is -0.493 e. The maximum atomic E-state index is 13.6. The summed E-state index contributed by atoms with van der Waals surface area (Å²) in [5.41, 5.74) is 0.906. The van der Waals surface area contributed by atoms with Crippen molar-refractivity contribution >= 4 is 23.1 Å². The molecule has 1 aromatic heterocycles. The first-order valence-corrected chi connectivity index (χ1v) is 8.16. The zero-order valence-corrected chi connectivity index (χ0v) is 14.0. The molecular weight excluding hydrogens is 333 g/mol. The van der Waals surface area contributed by atoms with Gasteiger partial charge >= 0.3 is 0 Å². The molecule has 26 heavy (non-hydrogen) atoms. The number of carbonyl (C=O) groups is 1. The fraction of sp³-hybridized carbons (Fsp3) is 0.100. The summed E-state index contributed by atoms with van der Waals surface area (Å²) in [6.07, 6.45) is 1.74. The van der Waals surface area contributed by atoms with Gasteiger partial charge in [-0.3, -0.25) is 4.79 Å². The van der Waals surface area contributed by atoms with E-state index < -0.39 is 0 Å². The van der Waals surface area contributed by atoms with E-state index >= 15 is 0 Å². The molecule has 0 bridgehead atoms. The van der Waals surface area contributed by atoms with Gasteiger partial charge in [0.1, 0.15) is 17.4 Å². The molecule has 0 radical (unpaired) electrons. The highest BCUT2D eigenvalue weighted by molar-refractivity contribution is 5.90. The summed E-state index contributed by atoms with van der Waals surface area (Å²) >= 11 is 0. The fourth-order valence-corrected chi connectivity index (χ4v) is 2.24. The molecule has 132 valence electrons. The predicted molar refractivity (Wildman–Crippen MR) is 99.1 cm³/mol. The smallest absolute Gasteiger partial charge is 0.227 e. The van der Waals surface area contributed by atoms with Crippen molar-refractivity contribution in [1.82, 2.24) is 4.98 Å². The minimum atomic E-state index is -0.356. The number of nitrogens with zero attached hydrogens (tertiary/aromatic N) is 1. The second-order valence-corrected chi connectivity index (χ2v) is 5.50. The van der Waals surface area contributed by atoms with E-state index in [0.717, 1.165) is 5.75 Å². The third kappa shape index (κ3) is 5.04. The number of halogens is 1. The molecule has 0 saturated carbocycles. The van der Waals surface area contributed by atoms with E-state index in [1.54, 1.807) is 30.3 Å². The van der Waals surface area contributed by atoms with Crippen molar-refractivity contribution in [3.05, 3.63) is 78.7 Å². The highest BCUT2D eigenvalue weighted by Crippen LogP contribution is 2.19. The second kappa shape index (κ2) is 8.62. The van der Waals surface area contributed by atoms with Crippen LogP contribution in [0.5, 0.6) is 5.75 Å². The van der Waals surface area contributed by atoms with E-state index in [2.05, 4.69) is 15.6 Å². The average Bonchev–Trinajstić information content (AvgIpc) is 2.66. The third-order valence-corrected chi connectivity index (χ3v) is 3.52. The number of para-hydroxylation sites is 2. The first-order valence-electron chi connectivity index (χ1n) is 8.16. The van der Waals surface area contributed by atoms with Gasteiger partial charge in [0, 0.05) is 0 Å². The number of hydrogen-bond donors (Lipinski definition) is 2. The van der Waals surface area contributed by atoms with E-state index in [9.17, 15) is 9.18 Å². The molecule has 6 heteroatoms. The molecule has 2 aromatic carbocycles. The number of aromatic nitrogens is 1. The number of nitrogens with one attached hydrogen (secondary N) is 2. The third-order valence-electron chi connectivity index (χ3n) is 3.52. The second-order valence-electron chi connectivity index (χ2n) is 5.50. The Balaban J connectivity index is 1.47. The lowest BCUT2D eigenvalue weighted by molar-refractivity contribution is -0.116. The number of ether oxygens (including phenoxy) is 1. The summed E-state index contributed by atoms with van der Waals surface area (Å²) in [5.74, 6) is 0.689. The Labute approximate surface area is 150 Å². The monoisotopic (exact) mass is 351 g/mol. The zero-order chi connectivity index (χ0) is 18.2. The Morgan fingerprint density at radius 3 is 2.50 bits per heavy atom. The van der Waals surface area contributed by atoms with Crippen LogP contribution >= 0.6 is 0 Å². The molecule has 0 spiro atoms. The van der Waals surface area contributed by atoms with Crippen LogP contribution in [-0.4, -0.2) is 17.5 Å². The van der Waals surface area contributed by atoms with Crippen LogP contribution in [0, 0.1) is 5.82 Å². The van der Waals surface area contributed by atoms with Gasteiger partial charge in [-0.05, 0) is 36.4 Å². The van der Waals surface area contributed by atoms with Crippen LogP contribution in [0.3, 0.4) is 0 Å². The summed E-state index contributed by atoms with van der Waals surface area (Å²) in [6.45, 7) is 0.288. The molecule has 1 heterocycles. The fourth-order valence-electron chi connectivity index (χ4n) is 2.24. The van der Waals surface area contributed by atoms with Gasteiger partial charge < -0.3 is 15.4 Å². The largest absolute Gasteiger partial charge is 0.493 e. The van der Waals surface area contributed by atoms with E-state index in [1.807, 2.05) is 30.3 Å². The first-order chi connectivity index (χ1) is 12.7. The maximum absolute atomic E-state index is 13.6. The first kappa shape index (κ1) is 17.4. The van der Waals surface area contributed by atoms with Crippen LogP contribution in [0.2, 0.25) is 0 Å². The van der Waals surface area contributed by atoms with Crippen molar-refractivity contribution in [2.75, 3.05) is 17.2 Å². The number of carbonyl (C=O) groups excluding carboxylic acids is 1. The van der Waals surface area contributed by atoms with Gasteiger partial charge in [-0.2, -0.15) is 0 Å². The SMILES string of the molecule is O=C(CCOc1ccccc1)Nc1ccc(Nc2ccccc2F)nc1. The predicted octanol–water partition coefficient (Wildman–Crippen LogP) is 4.37. The summed E-state index contributed by atoms with van der Waals surface area (Å²) in [6, 6.07) is 19.0. The Bertz CT molecular complexity index is 854. The van der Waals surface area contributed by atoms with Crippen LogP contribution in [-0.2, 0) is 4.79 Å². The quantitative estimate of drug-likeness (QED) is 0.663. The van der Waals surface area contributed by atoms with Gasteiger partial charge in [-0.15, -0.1) is 0 Å². The van der Waals surface area contributed by atoms with Gasteiger partial charge in [-0.25, -0.2) is 9.37 Å². The summed E-state index contributed by atoms with van der Waals surface area (Å²) in [7, 11) is 0. The van der Waals surface area contributed by atoms with Gasteiger partial charge in [0.25, 0.3) is 0 Å². The standard InChI is InChI=1S/C20H18FN3O2/c21-17-8-4-5-9-18(17)24-19-11-10-15(14-22-19)23-20(25)12-13-26-16-6-2-1-3-7-16/h1-11,14H,12-13H2,(H,22,24)(H,23,25). The van der Waals surface area contributed by atoms with Crippen molar-refractivity contribution < 1.29 is 13.9 Å². The van der Waals surface area contributed by atoms with E-state index in [4.69, 9.17) is 4.74 Å². The van der Waals surface area contributed by atoms with E-state index in [-0.39, 0.29) is 24.8 Å². The van der Waals surface area contributed by atoms with Crippen LogP contribution in [0.15, 0.2) is 72.9 Å². The van der Waals surface area contributed by atoms with Crippen molar-refractivity contribution in [1.29, 1.82) is 0 Å². The normalized spacial score (nSPS) is 10.2. The molecule has 3 rings (SSSR count). The van der Waals surface area contributed by atoms with Crippen molar-refractivity contribution in [2.45, 2.75) is 6.42 Å². The molecule has 0 aliphatic rings. The lowest BCUT2D eigenvalue weighted by Gasteiger charge is -2.09. The number of anilines is 3. The minimum absolute atomic E-state index is 0.169. The number of hydrogen-bond acceptors (Lipinski definition) is 4. The summed E-state index contributed by atoms with van der Waals surface area (Å²) < 4.78 is 19.1. The maximum Gasteiger partial charge on any atom is 0.227 e. The number of rotatable bonds is 7. The molecule has 0 atom stereocenters. The molecule has 0 aliphatic heterocycles. The molecular formula is C20H18FN3O2. The van der Waals surface area contributed by atoms with Gasteiger partial charge in [-0.1, -0.05) is 30.3 Å². The molecule has 0 saturated heterocycles. The number of pyridine rings is 1. The lowest BCUT2D eigenvalue weighted by atomic mass is 10.3. The van der Waals surface area contributed by atoms with Gasteiger partial charge in [0.15, 0.2) is 0 Å². The van der Waals surface area contributed by atoms with Crippen LogP contribution in [0.25, 0.3) is 0 Å². The lowest BCUT2D eigenvalue weighted by Crippen LogP contribution is -2.15. The van der Waals surface area contributed by atoms with Gasteiger partial charge in [0.2, 0.25) is 5.91 Å². The molecule has 1 amide bonds. The highest BCUT2D eigenvalue weighted by Gasteiger charge is 2.05. The van der Waals surface area contributed by atoms with Crippen LogP contribution < -0.4 is 15.4 Å². The Hall–Kier alpha value is -3.41. The van der Waals surface area contributed by atoms with Crippen molar-refractivity contribution in [3.8, 4) is 5.75 Å².